The van der Waals surface area contributed by atoms with Crippen LogP contribution in [-0.2, 0) is 29.3 Å². The Balaban J connectivity index is 1.70. The highest BCUT2D eigenvalue weighted by molar-refractivity contribution is 8.09. The lowest BCUT2D eigenvalue weighted by atomic mass is 9.49. The van der Waals surface area contributed by atoms with E-state index in [1.807, 2.05) is 0 Å². The van der Waals surface area contributed by atoms with Gasteiger partial charge < -0.3 is 4.13 Å². The summed E-state index contributed by atoms with van der Waals surface area (Å²) in [6.45, 7) is -0.0782. The van der Waals surface area contributed by atoms with Crippen molar-refractivity contribution in [1.29, 1.82) is 0 Å². The second kappa shape index (κ2) is 4.74. The molecule has 4 fully saturated rings. The number of sulfonamides is 1. The van der Waals surface area contributed by atoms with Crippen LogP contribution in [0.1, 0.15) is 32.1 Å². The fraction of sp³-hybridized carbons (Fsp3) is 0.917. The normalized spacial score (nSPS) is 38.9. The Bertz CT molecular complexity index is 650. The third-order valence-corrected chi connectivity index (χ3v) is 7.09. The number of rotatable bonds is 5. The molecule has 0 aromatic rings. The quantitative estimate of drug-likeness (QED) is 0.740. The average Bonchev–Trinajstić information content (AvgIpc) is 2.30. The molecule has 0 spiro atoms. The molecule has 120 valence electrons. The smallest absolute Gasteiger partial charge is 0.201 e. The summed E-state index contributed by atoms with van der Waals surface area (Å²) in [5, 5.41) is 0. The minimum absolute atomic E-state index is 0.0226. The molecule has 21 heavy (non-hydrogen) atoms. The lowest BCUT2D eigenvalue weighted by molar-refractivity contribution is -0.149. The summed E-state index contributed by atoms with van der Waals surface area (Å²) in [6, 6.07) is 0. The van der Waals surface area contributed by atoms with E-state index in [1.54, 1.807) is 0 Å². The van der Waals surface area contributed by atoms with Crippen molar-refractivity contribution in [2.75, 3.05) is 12.9 Å². The molecule has 2 atom stereocenters. The summed E-state index contributed by atoms with van der Waals surface area (Å²) < 4.78 is 52.6. The second-order valence-corrected chi connectivity index (χ2v) is 9.90. The number of nitrogens with zero attached hydrogens (tertiary/aromatic N) is 1. The molecule has 4 aliphatic carbocycles. The Labute approximate surface area is 124 Å². The van der Waals surface area contributed by atoms with E-state index in [4.69, 9.17) is 4.18 Å². The molecule has 0 N–H and O–H groups in total. The zero-order valence-corrected chi connectivity index (χ0v) is 13.3. The molecule has 4 aliphatic rings. The largest absolute Gasteiger partial charge is 0.412 e. The van der Waals surface area contributed by atoms with Gasteiger partial charge in [0.25, 0.3) is 0 Å². The molecule has 0 radical (unpaired) electrons. The molecule has 0 aromatic heterocycles. The molecule has 0 aromatic carbocycles. The minimum atomic E-state index is -4.44. The molecule has 2 unspecified atom stereocenters. The monoisotopic (exact) mass is 336 g/mol. The predicted octanol–water partition coefficient (Wildman–Crippen LogP) is 0.976. The maximum Gasteiger partial charge on any atom is 0.201 e. The van der Waals surface area contributed by atoms with Crippen LogP contribution in [0.3, 0.4) is 0 Å². The van der Waals surface area contributed by atoms with Gasteiger partial charge in [-0.05, 0) is 43.4 Å². The van der Waals surface area contributed by atoms with Gasteiger partial charge in [0.2, 0.25) is 10.3 Å². The summed E-state index contributed by atoms with van der Waals surface area (Å²) in [6.07, 6.45) is 4.65. The van der Waals surface area contributed by atoms with Crippen molar-refractivity contribution in [2.45, 2.75) is 32.1 Å². The van der Waals surface area contributed by atoms with E-state index in [0.29, 0.717) is 30.8 Å². The highest BCUT2D eigenvalue weighted by atomic mass is 32.3. The zero-order valence-electron chi connectivity index (χ0n) is 11.7. The Hall–Kier alpha value is -0.510. The van der Waals surface area contributed by atoms with Gasteiger partial charge in [0.15, 0.2) is 0 Å². The number of hydrogen-bond donors (Lipinski definition) is 0. The molecule has 0 amide bonds. The average molecular weight is 336 g/mol. The SMILES string of the molecule is CS(=O)(=O)[N-]S(=O)(=O)OCC12CC3CC(C1)C(=O)C(C3)C2. The first-order chi connectivity index (χ1) is 9.58. The summed E-state index contributed by atoms with van der Waals surface area (Å²) in [4.78, 5) is 12.0. The van der Waals surface area contributed by atoms with Gasteiger partial charge >= 0.3 is 0 Å². The summed E-state index contributed by atoms with van der Waals surface area (Å²) in [5.41, 5.74) is -0.315. The lowest BCUT2D eigenvalue weighted by Crippen LogP contribution is -2.53. The fourth-order valence-electron chi connectivity index (χ4n) is 4.47. The van der Waals surface area contributed by atoms with Crippen LogP contribution in [0.25, 0.3) is 4.13 Å². The standard InChI is InChI=1S/C12H18NO6S2/c1-20(15,16)13-21(17,18)19-7-12-4-8-2-9(5-12)11(14)10(3-8)6-12/h8-10H,2-7H2,1H3/q-1. The molecule has 7 nitrogen and oxygen atoms in total. The van der Waals surface area contributed by atoms with Gasteiger partial charge in [-0.3, -0.25) is 8.98 Å². The van der Waals surface area contributed by atoms with Crippen LogP contribution in [-0.4, -0.2) is 35.5 Å². The van der Waals surface area contributed by atoms with Gasteiger partial charge in [-0.1, -0.05) is 0 Å². The van der Waals surface area contributed by atoms with Crippen molar-refractivity contribution >= 4 is 26.1 Å². The molecule has 4 saturated carbocycles. The van der Waals surface area contributed by atoms with Gasteiger partial charge in [0.05, 0.1) is 16.6 Å². The molecule has 4 bridgehead atoms. The molecular formula is C12H18NO6S2-. The van der Waals surface area contributed by atoms with Gasteiger partial charge in [-0.2, -0.15) is 0 Å². The van der Waals surface area contributed by atoms with E-state index in [9.17, 15) is 21.6 Å². The minimum Gasteiger partial charge on any atom is -0.412 e. The molecule has 9 heteroatoms. The highest BCUT2D eigenvalue weighted by Gasteiger charge is 2.55. The highest BCUT2D eigenvalue weighted by Crippen LogP contribution is 2.58. The Morgan fingerprint density at radius 2 is 1.71 bits per heavy atom. The Morgan fingerprint density at radius 3 is 2.24 bits per heavy atom. The second-order valence-electron chi connectivity index (χ2n) is 6.74. The van der Waals surface area contributed by atoms with Gasteiger partial charge in [-0.25, -0.2) is 16.8 Å². The summed E-state index contributed by atoms with van der Waals surface area (Å²) in [5.74, 6) is 0.812. The maximum absolute atomic E-state index is 12.0. The van der Waals surface area contributed by atoms with Crippen LogP contribution in [0.5, 0.6) is 0 Å². The molecular weight excluding hydrogens is 318 g/mol. The fourth-order valence-corrected chi connectivity index (χ4v) is 6.37. The molecule has 0 heterocycles. The molecule has 0 aliphatic heterocycles. The van der Waals surface area contributed by atoms with Crippen molar-refractivity contribution in [2.24, 2.45) is 23.2 Å². The van der Waals surface area contributed by atoms with E-state index in [0.717, 1.165) is 19.3 Å². The predicted molar refractivity (Wildman–Crippen MR) is 74.1 cm³/mol. The van der Waals surface area contributed by atoms with Crippen molar-refractivity contribution in [3.63, 3.8) is 0 Å². The topological polar surface area (TPSA) is 109 Å². The van der Waals surface area contributed by atoms with Crippen molar-refractivity contribution < 1.29 is 25.8 Å². The molecule has 4 rings (SSSR count). The molecule has 0 saturated heterocycles. The van der Waals surface area contributed by atoms with Crippen LogP contribution < -0.4 is 0 Å². The van der Waals surface area contributed by atoms with E-state index in [-0.39, 0.29) is 23.9 Å². The van der Waals surface area contributed by atoms with Crippen LogP contribution in [0, 0.1) is 23.2 Å². The van der Waals surface area contributed by atoms with Crippen LogP contribution in [0.4, 0.5) is 0 Å². The third-order valence-electron chi connectivity index (χ3n) is 4.86. The first-order valence-electron chi connectivity index (χ1n) is 6.95. The van der Waals surface area contributed by atoms with Crippen molar-refractivity contribution in [3.8, 4) is 0 Å². The number of hydrogen-bond acceptors (Lipinski definition) is 6. The van der Waals surface area contributed by atoms with Crippen LogP contribution >= 0.6 is 0 Å². The first kappa shape index (κ1) is 15.4. The van der Waals surface area contributed by atoms with Gasteiger partial charge in [0.1, 0.15) is 5.78 Å². The first-order valence-corrected chi connectivity index (χ1v) is 10.2. The Kier molecular flexibility index (Phi) is 3.47. The number of carbonyl (C=O) groups excluding carboxylic acids is 1. The van der Waals surface area contributed by atoms with E-state index >= 15 is 0 Å². The number of carbonyl (C=O) groups is 1. The van der Waals surface area contributed by atoms with Crippen molar-refractivity contribution in [3.05, 3.63) is 4.13 Å². The van der Waals surface area contributed by atoms with Crippen LogP contribution in [0.15, 0.2) is 0 Å². The third kappa shape index (κ3) is 3.15. The van der Waals surface area contributed by atoms with Crippen LogP contribution in [0.2, 0.25) is 0 Å². The number of ketones is 1. The zero-order chi connectivity index (χ0) is 15.5. The summed E-state index contributed by atoms with van der Waals surface area (Å²) in [7, 11) is -8.46. The van der Waals surface area contributed by atoms with E-state index in [1.165, 1.54) is 0 Å². The van der Waals surface area contributed by atoms with Crippen molar-refractivity contribution in [1.82, 2.24) is 0 Å². The van der Waals surface area contributed by atoms with Gasteiger partial charge in [-0.15, -0.1) is 0 Å². The number of Topliss-reactive ketones (excluding diaryl/α,β-unsaturated/α-hetero) is 1. The lowest BCUT2D eigenvalue weighted by Gasteiger charge is -2.55. The Morgan fingerprint density at radius 1 is 1.14 bits per heavy atom. The van der Waals surface area contributed by atoms with Gasteiger partial charge in [0, 0.05) is 18.1 Å². The van der Waals surface area contributed by atoms with E-state index < -0.39 is 20.3 Å². The maximum atomic E-state index is 12.0. The summed E-state index contributed by atoms with van der Waals surface area (Å²) >= 11 is 0. The van der Waals surface area contributed by atoms with E-state index in [2.05, 4.69) is 4.13 Å².